The number of amides is 1. The molecule has 0 aromatic heterocycles. The van der Waals surface area contributed by atoms with E-state index in [1.807, 2.05) is 18.2 Å². The molecule has 1 atom stereocenters. The first-order valence-electron chi connectivity index (χ1n) is 8.41. The van der Waals surface area contributed by atoms with E-state index in [0.29, 0.717) is 12.3 Å². The SMILES string of the molecule is O=C1CC[C@]2(CCCN(CCO)CC2)N1Cc1ccccc1. The molecule has 0 aliphatic carbocycles. The Hall–Kier alpha value is -1.39. The molecule has 120 valence electrons. The van der Waals surface area contributed by atoms with Gasteiger partial charge in [-0.25, -0.2) is 0 Å². The van der Waals surface area contributed by atoms with Crippen LogP contribution in [0.25, 0.3) is 0 Å². The van der Waals surface area contributed by atoms with Crippen molar-refractivity contribution in [2.24, 2.45) is 0 Å². The van der Waals surface area contributed by atoms with E-state index in [0.717, 1.165) is 51.9 Å². The molecule has 4 heteroatoms. The normalized spacial score (nSPS) is 26.6. The standard InChI is InChI=1S/C18H26N2O2/c21-14-13-19-11-4-8-18(10-12-19)9-7-17(22)20(18)15-16-5-2-1-3-6-16/h1-3,5-6,21H,4,7-15H2/t18-/m0/s1. The molecule has 0 bridgehead atoms. The van der Waals surface area contributed by atoms with Crippen LogP contribution in [0.15, 0.2) is 30.3 Å². The summed E-state index contributed by atoms with van der Waals surface area (Å²) in [6, 6.07) is 10.3. The number of likely N-dealkylation sites (tertiary alicyclic amines) is 2. The average Bonchev–Trinajstić information content (AvgIpc) is 2.72. The van der Waals surface area contributed by atoms with Gasteiger partial charge in [0.2, 0.25) is 5.91 Å². The van der Waals surface area contributed by atoms with Crippen LogP contribution in [0.3, 0.4) is 0 Å². The molecule has 0 radical (unpaired) electrons. The molecule has 3 rings (SSSR count). The van der Waals surface area contributed by atoms with E-state index in [1.165, 1.54) is 5.56 Å². The van der Waals surface area contributed by atoms with Gasteiger partial charge in [0, 0.05) is 31.6 Å². The van der Waals surface area contributed by atoms with Crippen LogP contribution in [0.5, 0.6) is 0 Å². The molecule has 22 heavy (non-hydrogen) atoms. The molecule has 2 saturated heterocycles. The second-order valence-corrected chi connectivity index (χ2v) is 6.61. The quantitative estimate of drug-likeness (QED) is 0.925. The highest BCUT2D eigenvalue weighted by Crippen LogP contribution is 2.40. The van der Waals surface area contributed by atoms with Crippen molar-refractivity contribution in [3.8, 4) is 0 Å². The minimum absolute atomic E-state index is 0.0388. The van der Waals surface area contributed by atoms with Gasteiger partial charge in [0.15, 0.2) is 0 Å². The van der Waals surface area contributed by atoms with E-state index < -0.39 is 0 Å². The third kappa shape index (κ3) is 3.18. The smallest absolute Gasteiger partial charge is 0.223 e. The Bertz CT molecular complexity index is 505. The van der Waals surface area contributed by atoms with Gasteiger partial charge in [0.05, 0.1) is 6.61 Å². The van der Waals surface area contributed by atoms with Crippen LogP contribution in [0, 0.1) is 0 Å². The molecule has 1 amide bonds. The van der Waals surface area contributed by atoms with Crippen LogP contribution in [0.1, 0.15) is 37.7 Å². The first kappa shape index (κ1) is 15.5. The molecule has 4 nitrogen and oxygen atoms in total. The average molecular weight is 302 g/mol. The summed E-state index contributed by atoms with van der Waals surface area (Å²) < 4.78 is 0. The fourth-order valence-corrected chi connectivity index (χ4v) is 4.02. The van der Waals surface area contributed by atoms with E-state index in [-0.39, 0.29) is 12.1 Å². The number of aliphatic hydroxyl groups is 1. The van der Waals surface area contributed by atoms with Crippen LogP contribution in [0.4, 0.5) is 0 Å². The van der Waals surface area contributed by atoms with Gasteiger partial charge in [0.25, 0.3) is 0 Å². The van der Waals surface area contributed by atoms with E-state index in [2.05, 4.69) is 21.9 Å². The third-order valence-electron chi connectivity index (χ3n) is 5.29. The monoisotopic (exact) mass is 302 g/mol. The number of hydrogen-bond acceptors (Lipinski definition) is 3. The van der Waals surface area contributed by atoms with Gasteiger partial charge in [-0.1, -0.05) is 30.3 Å². The molecule has 2 aliphatic heterocycles. The van der Waals surface area contributed by atoms with Gasteiger partial charge in [-0.05, 0) is 37.8 Å². The van der Waals surface area contributed by atoms with E-state index in [4.69, 9.17) is 5.11 Å². The van der Waals surface area contributed by atoms with Crippen LogP contribution in [0.2, 0.25) is 0 Å². The summed E-state index contributed by atoms with van der Waals surface area (Å²) in [4.78, 5) is 16.9. The number of nitrogens with zero attached hydrogens (tertiary/aromatic N) is 2. The molecule has 2 aliphatic rings. The Morgan fingerprint density at radius 3 is 2.68 bits per heavy atom. The lowest BCUT2D eigenvalue weighted by molar-refractivity contribution is -0.132. The van der Waals surface area contributed by atoms with Crippen LogP contribution in [-0.2, 0) is 11.3 Å². The van der Waals surface area contributed by atoms with Gasteiger partial charge < -0.3 is 14.9 Å². The lowest BCUT2D eigenvalue weighted by Gasteiger charge is -2.38. The topological polar surface area (TPSA) is 43.8 Å². The van der Waals surface area contributed by atoms with Gasteiger partial charge in [-0.2, -0.15) is 0 Å². The molecule has 2 heterocycles. The predicted octanol–water partition coefficient (Wildman–Crippen LogP) is 2.03. The van der Waals surface area contributed by atoms with Crippen molar-refractivity contribution >= 4 is 5.91 Å². The largest absolute Gasteiger partial charge is 0.395 e. The lowest BCUT2D eigenvalue weighted by Crippen LogP contribution is -2.46. The molecule has 1 N–H and O–H groups in total. The number of carbonyl (C=O) groups is 1. The molecule has 1 aromatic rings. The zero-order valence-electron chi connectivity index (χ0n) is 13.2. The number of β-amino-alcohol motifs (C(OH)–C–C–N with tert-alkyl or cyclic N) is 1. The maximum absolute atomic E-state index is 12.4. The zero-order valence-corrected chi connectivity index (χ0v) is 13.2. The van der Waals surface area contributed by atoms with Crippen LogP contribution < -0.4 is 0 Å². The zero-order chi connectivity index (χ0) is 15.4. The molecule has 1 aromatic carbocycles. The molecular formula is C18H26N2O2. The Balaban J connectivity index is 1.74. The van der Waals surface area contributed by atoms with E-state index >= 15 is 0 Å². The maximum Gasteiger partial charge on any atom is 0.223 e. The summed E-state index contributed by atoms with van der Waals surface area (Å²) in [5.41, 5.74) is 1.26. The van der Waals surface area contributed by atoms with E-state index in [1.54, 1.807) is 0 Å². The first-order valence-corrected chi connectivity index (χ1v) is 8.41. The minimum atomic E-state index is 0.0388. The second kappa shape index (κ2) is 6.80. The molecule has 0 unspecified atom stereocenters. The number of aliphatic hydroxyl groups excluding tert-OH is 1. The highest BCUT2D eigenvalue weighted by atomic mass is 16.3. The Labute approximate surface area is 132 Å². The van der Waals surface area contributed by atoms with Crippen molar-refractivity contribution in [3.05, 3.63) is 35.9 Å². The number of hydrogen-bond donors (Lipinski definition) is 1. The summed E-state index contributed by atoms with van der Waals surface area (Å²) in [5, 5.41) is 9.15. The van der Waals surface area contributed by atoms with Gasteiger partial charge in [-0.15, -0.1) is 0 Å². The fourth-order valence-electron chi connectivity index (χ4n) is 4.02. The van der Waals surface area contributed by atoms with Gasteiger partial charge >= 0.3 is 0 Å². The fraction of sp³-hybridized carbons (Fsp3) is 0.611. The van der Waals surface area contributed by atoms with Crippen molar-refractivity contribution in [3.63, 3.8) is 0 Å². The van der Waals surface area contributed by atoms with Crippen LogP contribution in [-0.4, -0.2) is 52.6 Å². The molecule has 2 fully saturated rings. The van der Waals surface area contributed by atoms with Crippen molar-refractivity contribution < 1.29 is 9.90 Å². The maximum atomic E-state index is 12.4. The van der Waals surface area contributed by atoms with Gasteiger partial charge in [-0.3, -0.25) is 4.79 Å². The van der Waals surface area contributed by atoms with Crippen molar-refractivity contribution in [2.75, 3.05) is 26.2 Å². The summed E-state index contributed by atoms with van der Waals surface area (Å²) in [6.45, 7) is 3.73. The Morgan fingerprint density at radius 2 is 1.91 bits per heavy atom. The first-order chi connectivity index (χ1) is 10.7. The molecule has 1 spiro atoms. The van der Waals surface area contributed by atoms with Crippen molar-refractivity contribution in [2.45, 2.75) is 44.2 Å². The lowest BCUT2D eigenvalue weighted by atomic mass is 9.87. The number of benzene rings is 1. The van der Waals surface area contributed by atoms with Gasteiger partial charge in [0.1, 0.15) is 0 Å². The number of rotatable bonds is 4. The summed E-state index contributed by atoms with van der Waals surface area (Å²) in [5.74, 6) is 0.305. The summed E-state index contributed by atoms with van der Waals surface area (Å²) in [6.07, 6.45) is 4.91. The Morgan fingerprint density at radius 1 is 1.09 bits per heavy atom. The highest BCUT2D eigenvalue weighted by Gasteiger charge is 2.45. The third-order valence-corrected chi connectivity index (χ3v) is 5.29. The number of carbonyl (C=O) groups excluding carboxylic acids is 1. The molecular weight excluding hydrogens is 276 g/mol. The minimum Gasteiger partial charge on any atom is -0.395 e. The summed E-state index contributed by atoms with van der Waals surface area (Å²) >= 11 is 0. The summed E-state index contributed by atoms with van der Waals surface area (Å²) in [7, 11) is 0. The van der Waals surface area contributed by atoms with E-state index in [9.17, 15) is 4.79 Å². The highest BCUT2D eigenvalue weighted by molar-refractivity contribution is 5.79. The van der Waals surface area contributed by atoms with Crippen LogP contribution >= 0.6 is 0 Å². The Kier molecular flexibility index (Phi) is 4.79. The predicted molar refractivity (Wildman–Crippen MR) is 86.3 cm³/mol. The molecule has 0 saturated carbocycles. The van der Waals surface area contributed by atoms with Crippen molar-refractivity contribution in [1.29, 1.82) is 0 Å². The van der Waals surface area contributed by atoms with Crippen molar-refractivity contribution in [1.82, 2.24) is 9.80 Å². The second-order valence-electron chi connectivity index (χ2n) is 6.61.